The van der Waals surface area contributed by atoms with Gasteiger partial charge in [-0.1, -0.05) is 27.7 Å². The van der Waals surface area contributed by atoms with Crippen LogP contribution in [0.5, 0.6) is 0 Å². The minimum absolute atomic E-state index is 0. The van der Waals surface area contributed by atoms with E-state index >= 15 is 0 Å². The van der Waals surface area contributed by atoms with Crippen molar-refractivity contribution in [2.75, 3.05) is 0 Å². The second-order valence-corrected chi connectivity index (χ2v) is 3.00. The van der Waals surface area contributed by atoms with Gasteiger partial charge in [0, 0.05) is 0 Å². The summed E-state index contributed by atoms with van der Waals surface area (Å²) in [5.74, 6) is 0. The molecule has 7 heavy (non-hydrogen) atoms. The molecular formula is C6H15Rf-. The molecule has 0 saturated heterocycles. The van der Waals surface area contributed by atoms with Crippen LogP contribution in [0.3, 0.4) is 0 Å². The van der Waals surface area contributed by atoms with Gasteiger partial charge in [0.2, 0.25) is 0 Å². The van der Waals surface area contributed by atoms with Crippen molar-refractivity contribution >= 4 is 0 Å². The van der Waals surface area contributed by atoms with Gasteiger partial charge in [0.1, 0.15) is 0 Å². The predicted octanol–water partition coefficient (Wildman–Crippen LogP) is 2.50. The Balaban J connectivity index is -0.0000000800. The first kappa shape index (κ1) is 16.7. The van der Waals surface area contributed by atoms with E-state index in [0.717, 1.165) is 0 Å². The molecule has 0 bridgehead atoms. The van der Waals surface area contributed by atoms with Gasteiger partial charge in [0.05, 0.1) is 0 Å². The van der Waals surface area contributed by atoms with Crippen molar-refractivity contribution in [1.29, 1.82) is 0 Å². The third kappa shape index (κ3) is 45.0. The summed E-state index contributed by atoms with van der Waals surface area (Å²) in [6.07, 6.45) is 0. The van der Waals surface area contributed by atoms with E-state index < -0.39 is 0 Å². The Labute approximate surface area is 41.6 Å². The van der Waals surface area contributed by atoms with E-state index in [1.54, 1.807) is 0 Å². The summed E-state index contributed by atoms with van der Waals surface area (Å²) in [6.45, 7) is 8.75. The molecule has 0 radical (unpaired) electrons. The minimum atomic E-state index is 0. The van der Waals surface area contributed by atoms with E-state index in [4.69, 9.17) is 0 Å². The SMILES string of the molecule is CC(C)(C)C.[CH3-].[Rf]. The molecule has 0 N–H and O–H groups in total. The van der Waals surface area contributed by atoms with Gasteiger partial charge >= 0.3 is 0 Å². The van der Waals surface area contributed by atoms with Crippen molar-refractivity contribution < 1.29 is 0 Å². The molecule has 0 unspecified atom stereocenters. The summed E-state index contributed by atoms with van der Waals surface area (Å²) in [7, 11) is 0. The van der Waals surface area contributed by atoms with Crippen molar-refractivity contribution in [2.24, 2.45) is 5.41 Å². The van der Waals surface area contributed by atoms with E-state index in [9.17, 15) is 0 Å². The van der Waals surface area contributed by atoms with E-state index in [1.807, 2.05) is 0 Å². The maximum atomic E-state index is 2.19. The zero-order valence-corrected chi connectivity index (χ0v) is 12.6. The van der Waals surface area contributed by atoms with Gasteiger partial charge in [0.25, 0.3) is 0 Å². The summed E-state index contributed by atoms with van der Waals surface area (Å²) in [4.78, 5) is 0. The average molecular weight is 354 g/mol. The van der Waals surface area contributed by atoms with Crippen LogP contribution in [0.4, 0.5) is 0 Å². The Morgan fingerprint density at radius 2 is 0.857 bits per heavy atom. The Kier molecular flexibility index (Phi) is 7.62. The van der Waals surface area contributed by atoms with Gasteiger partial charge in [-0.15, -0.1) is 0 Å². The second kappa shape index (κ2) is 3.20. The third-order valence-corrected chi connectivity index (χ3v) is 0. The minimum Gasteiger partial charge on any atom is -0.358 e. The molecule has 0 aromatic rings. The van der Waals surface area contributed by atoms with Crippen molar-refractivity contribution in [3.63, 3.8) is 0 Å². The molecule has 0 aromatic carbocycles. The average Bonchev–Trinajstić information content (AvgIpc) is 0.722. The molecule has 0 aliphatic heterocycles. The first-order valence-corrected chi connectivity index (χ1v) is 2.00. The second-order valence-electron chi connectivity index (χ2n) is 3.00. The molecule has 0 nitrogen and oxygen atoms in total. The monoisotopic (exact) mass is 354 g/mol. The van der Waals surface area contributed by atoms with Crippen LogP contribution >= 0.6 is 0 Å². The number of hydrogen-bond acceptors (Lipinski definition) is 0. The molecule has 1 heteroatoms. The summed E-state index contributed by atoms with van der Waals surface area (Å²) in [5.41, 5.74) is 0.500. The molecule has 42 valence electrons. The van der Waals surface area contributed by atoms with Gasteiger partial charge in [-0.05, 0) is 5.41 Å². The van der Waals surface area contributed by atoms with Crippen LogP contribution in [-0.2, 0) is 0 Å². The van der Waals surface area contributed by atoms with Crippen LogP contribution < -0.4 is 0 Å². The van der Waals surface area contributed by atoms with E-state index in [0.29, 0.717) is 5.41 Å². The molecule has 0 saturated carbocycles. The van der Waals surface area contributed by atoms with Crippen LogP contribution in [0.15, 0.2) is 0 Å². The number of rotatable bonds is 0. The van der Waals surface area contributed by atoms with Gasteiger partial charge < -0.3 is 7.43 Å². The summed E-state index contributed by atoms with van der Waals surface area (Å²) in [6, 6.07) is 0. The smallest absolute Gasteiger partial charge is 0 e. The molecule has 0 fully saturated rings. The Bertz CT molecular complexity index is 19.7. The van der Waals surface area contributed by atoms with Crippen LogP contribution in [0.1, 0.15) is 27.7 Å². The Hall–Kier alpha value is -1.00. The van der Waals surface area contributed by atoms with Crippen molar-refractivity contribution in [2.45, 2.75) is 27.7 Å². The third-order valence-electron chi connectivity index (χ3n) is 0. The van der Waals surface area contributed by atoms with E-state index in [-0.39, 0.29) is 7.43 Å². The van der Waals surface area contributed by atoms with Crippen LogP contribution in [0.25, 0.3) is 0 Å². The summed E-state index contributed by atoms with van der Waals surface area (Å²) < 4.78 is 0. The largest absolute Gasteiger partial charge is 0.358 e. The maximum Gasteiger partial charge on any atom is 0 e. The van der Waals surface area contributed by atoms with Gasteiger partial charge in [-0.3, -0.25) is 0 Å². The molecule has 0 heterocycles. The zero-order chi connectivity index (χ0) is 4.50. The first-order valence-electron chi connectivity index (χ1n) is 2.00. The molecule has 0 aromatic heterocycles. The van der Waals surface area contributed by atoms with Crippen LogP contribution in [-0.4, -0.2) is 0 Å². The Morgan fingerprint density at radius 3 is 0.857 bits per heavy atom. The molecule has 0 spiro atoms. The maximum absolute atomic E-state index is 2.19. The summed E-state index contributed by atoms with van der Waals surface area (Å²) in [5, 5.41) is 0. The number of hydrogen-bond donors (Lipinski definition) is 0. The van der Waals surface area contributed by atoms with Gasteiger partial charge in [0.15, 0.2) is 0 Å². The molecule has 0 rings (SSSR count). The first-order chi connectivity index (χ1) is 2.00. The fourth-order valence-electron chi connectivity index (χ4n) is 0. The molecule has 0 atom stereocenters. The van der Waals surface area contributed by atoms with E-state index in [2.05, 4.69) is 27.7 Å². The molecular weight excluding hydrogens is 339 g/mol. The van der Waals surface area contributed by atoms with Crippen molar-refractivity contribution in [3.8, 4) is 0 Å². The molecule has 0 aliphatic carbocycles. The molecule has 0 amide bonds. The zero-order valence-electron chi connectivity index (χ0n) is 6.21. The fraction of sp³-hybridized carbons (Fsp3) is 0.833. The van der Waals surface area contributed by atoms with Gasteiger partial charge in [-0.2, -0.15) is 0 Å². The topological polar surface area (TPSA) is 0 Å². The van der Waals surface area contributed by atoms with Crippen LogP contribution in [0.2, 0.25) is 0 Å². The summed E-state index contributed by atoms with van der Waals surface area (Å²) >= 11 is 0. The molecule has 0 aliphatic rings. The quantitative estimate of drug-likeness (QED) is 0.587. The predicted molar refractivity (Wildman–Crippen MR) is 31.5 cm³/mol. The fourth-order valence-corrected chi connectivity index (χ4v) is 0. The van der Waals surface area contributed by atoms with Gasteiger partial charge in [-0.25, -0.2) is 0 Å². The van der Waals surface area contributed by atoms with Crippen LogP contribution in [0, 0.1) is 12.8 Å². The normalized spacial score (nSPS) is 8.57. The Morgan fingerprint density at radius 1 is 0.857 bits per heavy atom. The van der Waals surface area contributed by atoms with E-state index in [1.165, 1.54) is 0 Å². The van der Waals surface area contributed by atoms with Crippen molar-refractivity contribution in [3.05, 3.63) is 7.43 Å². The standard InChI is InChI=1S/C5H12.CH3.Rf/c1-5(2,3)4;;/h1-4H3;1H3;/q;-1;. The van der Waals surface area contributed by atoms with Crippen molar-refractivity contribution in [1.82, 2.24) is 0 Å².